The maximum absolute atomic E-state index is 8.71. The van der Waals surface area contributed by atoms with Gasteiger partial charge >= 0.3 is 0 Å². The highest BCUT2D eigenvalue weighted by molar-refractivity contribution is 6.17. The summed E-state index contributed by atoms with van der Waals surface area (Å²) in [6.45, 7) is 7.08. The molecular weight excluding hydrogens is 232 g/mol. The number of anilines is 1. The fourth-order valence-corrected chi connectivity index (χ4v) is 2.14. The predicted octanol–water partition coefficient (Wildman–Crippen LogP) is 3.86. The largest absolute Gasteiger partial charge is 0.368 e. The van der Waals surface area contributed by atoms with Gasteiger partial charge < -0.3 is 4.90 Å². The summed E-state index contributed by atoms with van der Waals surface area (Å²) in [6, 6.07) is 8.87. The Hall–Kier alpha value is -1.20. The first-order valence-electron chi connectivity index (χ1n) is 5.89. The van der Waals surface area contributed by atoms with Gasteiger partial charge in [-0.2, -0.15) is 5.26 Å². The minimum Gasteiger partial charge on any atom is -0.368 e. The molecule has 0 atom stereocenters. The monoisotopic (exact) mass is 250 g/mol. The number of aryl methyl sites for hydroxylation is 1. The van der Waals surface area contributed by atoms with Crippen molar-refractivity contribution < 1.29 is 0 Å². The summed E-state index contributed by atoms with van der Waals surface area (Å²) in [6.07, 6.45) is 0.535. The number of halogens is 1. The summed E-state index contributed by atoms with van der Waals surface area (Å²) in [7, 11) is 0. The number of hydrogen-bond donors (Lipinski definition) is 0. The van der Waals surface area contributed by atoms with E-state index >= 15 is 0 Å². The average molecular weight is 251 g/mol. The number of hydrogen-bond acceptors (Lipinski definition) is 2. The molecule has 0 spiro atoms. The Balaban J connectivity index is 3.05. The van der Waals surface area contributed by atoms with Crippen molar-refractivity contribution in [3.05, 3.63) is 29.3 Å². The van der Waals surface area contributed by atoms with Crippen molar-refractivity contribution in [2.24, 2.45) is 0 Å². The lowest BCUT2D eigenvalue weighted by atomic mass is 10.1. The highest BCUT2D eigenvalue weighted by Gasteiger charge is 2.13. The van der Waals surface area contributed by atoms with Gasteiger partial charge in [-0.15, -0.1) is 11.6 Å². The zero-order chi connectivity index (χ0) is 12.8. The molecule has 3 heteroatoms. The fraction of sp³-hybridized carbons (Fsp3) is 0.500. The number of nitrogens with zero attached hydrogens (tertiary/aromatic N) is 2. The highest BCUT2D eigenvalue weighted by atomic mass is 35.5. The molecule has 17 heavy (non-hydrogen) atoms. The van der Waals surface area contributed by atoms with E-state index in [9.17, 15) is 0 Å². The maximum atomic E-state index is 8.71. The van der Waals surface area contributed by atoms with Gasteiger partial charge in [0, 0.05) is 24.2 Å². The van der Waals surface area contributed by atoms with Crippen molar-refractivity contribution in [2.75, 3.05) is 11.4 Å². The molecule has 0 aliphatic heterocycles. The van der Waals surface area contributed by atoms with Crippen molar-refractivity contribution >= 4 is 17.3 Å². The van der Waals surface area contributed by atoms with Crippen molar-refractivity contribution in [3.63, 3.8) is 0 Å². The minimum atomic E-state index is 0.369. The second-order valence-electron chi connectivity index (χ2n) is 4.46. The molecule has 1 aromatic carbocycles. The molecule has 0 amide bonds. The van der Waals surface area contributed by atoms with Gasteiger partial charge in [-0.05, 0) is 32.4 Å². The van der Waals surface area contributed by atoms with Crippen LogP contribution in [-0.2, 0) is 5.88 Å². The lowest BCUT2D eigenvalue weighted by molar-refractivity contribution is 0.684. The molecule has 1 rings (SSSR count). The van der Waals surface area contributed by atoms with Gasteiger partial charge in [-0.25, -0.2) is 0 Å². The smallest absolute Gasteiger partial charge is 0.0640 e. The third-order valence-electron chi connectivity index (χ3n) is 2.78. The van der Waals surface area contributed by atoms with Gasteiger partial charge in [0.05, 0.1) is 12.5 Å². The van der Waals surface area contributed by atoms with Crippen LogP contribution in [0, 0.1) is 18.3 Å². The summed E-state index contributed by atoms with van der Waals surface area (Å²) in [5.41, 5.74) is 3.50. The van der Waals surface area contributed by atoms with Crippen molar-refractivity contribution in [2.45, 2.75) is 39.1 Å². The second kappa shape index (κ2) is 6.51. The van der Waals surface area contributed by atoms with E-state index in [1.807, 2.05) is 0 Å². The molecule has 0 aliphatic rings. The normalized spacial score (nSPS) is 10.4. The molecule has 2 nitrogen and oxygen atoms in total. The Morgan fingerprint density at radius 3 is 2.65 bits per heavy atom. The summed E-state index contributed by atoms with van der Waals surface area (Å²) in [5.74, 6) is 0.507. The van der Waals surface area contributed by atoms with E-state index in [0.717, 1.165) is 17.8 Å². The fourth-order valence-electron chi connectivity index (χ4n) is 1.93. The molecule has 0 N–H and O–H groups in total. The van der Waals surface area contributed by atoms with Crippen LogP contribution in [0.15, 0.2) is 18.2 Å². The number of alkyl halides is 1. The van der Waals surface area contributed by atoms with Crippen LogP contribution in [0.2, 0.25) is 0 Å². The lowest BCUT2D eigenvalue weighted by Crippen LogP contribution is -2.32. The summed E-state index contributed by atoms with van der Waals surface area (Å²) in [5, 5.41) is 8.71. The zero-order valence-electron chi connectivity index (χ0n) is 10.7. The van der Waals surface area contributed by atoms with Crippen LogP contribution in [-0.4, -0.2) is 12.6 Å². The maximum Gasteiger partial charge on any atom is 0.0640 e. The van der Waals surface area contributed by atoms with Gasteiger partial charge in [-0.1, -0.05) is 17.7 Å². The summed E-state index contributed by atoms with van der Waals surface area (Å²) in [4.78, 5) is 2.24. The van der Waals surface area contributed by atoms with Crippen LogP contribution < -0.4 is 4.90 Å². The first-order valence-corrected chi connectivity index (χ1v) is 6.42. The predicted molar refractivity (Wildman–Crippen MR) is 73.4 cm³/mol. The lowest BCUT2D eigenvalue weighted by Gasteiger charge is -2.30. The van der Waals surface area contributed by atoms with Crippen molar-refractivity contribution in [3.8, 4) is 6.07 Å². The average Bonchev–Trinajstić information content (AvgIpc) is 2.30. The molecule has 0 aliphatic carbocycles. The molecule has 0 unspecified atom stereocenters. The molecule has 0 fully saturated rings. The van der Waals surface area contributed by atoms with Crippen LogP contribution in [0.5, 0.6) is 0 Å². The van der Waals surface area contributed by atoms with Crippen LogP contribution in [0.4, 0.5) is 5.69 Å². The van der Waals surface area contributed by atoms with Crippen LogP contribution in [0.3, 0.4) is 0 Å². The number of nitriles is 1. The molecule has 0 saturated carbocycles. The quantitative estimate of drug-likeness (QED) is 0.742. The van der Waals surface area contributed by atoms with Crippen molar-refractivity contribution in [1.82, 2.24) is 0 Å². The van der Waals surface area contributed by atoms with E-state index < -0.39 is 0 Å². The van der Waals surface area contributed by atoms with Gasteiger partial charge in [0.1, 0.15) is 0 Å². The molecular formula is C14H19ClN2. The standard InChI is InChI=1S/C14H19ClN2/c1-11(2)17(8-4-7-16)14-6-5-12(3)9-13(14)10-15/h5-6,9,11H,4,8,10H2,1-3H3. The SMILES string of the molecule is Cc1ccc(N(CCC#N)C(C)C)c(CCl)c1. The number of benzene rings is 1. The Kier molecular flexibility index (Phi) is 5.31. The van der Waals surface area contributed by atoms with Gasteiger partial charge in [0.15, 0.2) is 0 Å². The van der Waals surface area contributed by atoms with Crippen LogP contribution >= 0.6 is 11.6 Å². The van der Waals surface area contributed by atoms with E-state index in [1.54, 1.807) is 0 Å². The third-order valence-corrected chi connectivity index (χ3v) is 3.06. The van der Waals surface area contributed by atoms with E-state index in [1.165, 1.54) is 5.56 Å². The van der Waals surface area contributed by atoms with Gasteiger partial charge in [0.2, 0.25) is 0 Å². The highest BCUT2D eigenvalue weighted by Crippen LogP contribution is 2.25. The van der Waals surface area contributed by atoms with Crippen LogP contribution in [0.1, 0.15) is 31.4 Å². The first kappa shape index (κ1) is 13.9. The van der Waals surface area contributed by atoms with Gasteiger partial charge in [0.25, 0.3) is 0 Å². The van der Waals surface area contributed by atoms with Gasteiger partial charge in [-0.3, -0.25) is 0 Å². The first-order chi connectivity index (χ1) is 8.10. The third kappa shape index (κ3) is 3.64. The Labute approximate surface area is 109 Å². The molecule has 92 valence electrons. The summed E-state index contributed by atoms with van der Waals surface area (Å²) >= 11 is 6.00. The van der Waals surface area contributed by atoms with E-state index in [4.69, 9.17) is 16.9 Å². The Morgan fingerprint density at radius 2 is 2.12 bits per heavy atom. The molecule has 0 aromatic heterocycles. The Bertz CT molecular complexity index is 407. The minimum absolute atomic E-state index is 0.369. The second-order valence-corrected chi connectivity index (χ2v) is 4.73. The molecule has 1 aromatic rings. The van der Waals surface area contributed by atoms with Crippen LogP contribution in [0.25, 0.3) is 0 Å². The molecule has 0 bridgehead atoms. The topological polar surface area (TPSA) is 27.0 Å². The molecule has 0 heterocycles. The molecule has 0 radical (unpaired) electrons. The van der Waals surface area contributed by atoms with E-state index in [-0.39, 0.29) is 0 Å². The molecule has 0 saturated heterocycles. The van der Waals surface area contributed by atoms with E-state index in [2.05, 4.69) is 49.9 Å². The zero-order valence-corrected chi connectivity index (χ0v) is 11.5. The summed E-state index contributed by atoms with van der Waals surface area (Å²) < 4.78 is 0. The number of rotatable bonds is 5. The van der Waals surface area contributed by atoms with Crippen molar-refractivity contribution in [1.29, 1.82) is 5.26 Å². The van der Waals surface area contributed by atoms with E-state index in [0.29, 0.717) is 18.3 Å². The Morgan fingerprint density at radius 1 is 1.41 bits per heavy atom.